The van der Waals surface area contributed by atoms with Crippen molar-refractivity contribution in [3.8, 4) is 0 Å². The van der Waals surface area contributed by atoms with Gasteiger partial charge in [-0.25, -0.2) is 0 Å². The van der Waals surface area contributed by atoms with Crippen LogP contribution in [0.4, 0.5) is 5.69 Å². The van der Waals surface area contributed by atoms with Gasteiger partial charge in [0.1, 0.15) is 0 Å². The van der Waals surface area contributed by atoms with Crippen LogP contribution in [-0.4, -0.2) is 55.5 Å². The smallest absolute Gasteiger partial charge is 0.255 e. The first-order valence-electron chi connectivity index (χ1n) is 8.03. The van der Waals surface area contributed by atoms with Crippen LogP contribution in [0.1, 0.15) is 29.6 Å². The summed E-state index contributed by atoms with van der Waals surface area (Å²) in [7, 11) is 4.05. The second-order valence-corrected chi connectivity index (χ2v) is 6.03. The van der Waals surface area contributed by atoms with Gasteiger partial charge in [-0.15, -0.1) is 6.58 Å². The lowest BCUT2D eigenvalue weighted by molar-refractivity contribution is 0.0718. The number of amides is 1. The second-order valence-electron chi connectivity index (χ2n) is 6.03. The molecule has 1 amide bonds. The Balaban J connectivity index is 2.05. The van der Waals surface area contributed by atoms with Gasteiger partial charge in [-0.1, -0.05) is 24.6 Å². The first kappa shape index (κ1) is 16.6. The van der Waals surface area contributed by atoms with E-state index in [1.165, 1.54) is 19.3 Å². The van der Waals surface area contributed by atoms with Crippen molar-refractivity contribution >= 4 is 11.6 Å². The quantitative estimate of drug-likeness (QED) is 0.821. The van der Waals surface area contributed by atoms with E-state index in [2.05, 4.69) is 23.8 Å². The summed E-state index contributed by atoms with van der Waals surface area (Å²) in [5.41, 5.74) is 1.60. The molecule has 1 saturated heterocycles. The van der Waals surface area contributed by atoms with Crippen molar-refractivity contribution < 1.29 is 4.79 Å². The summed E-state index contributed by atoms with van der Waals surface area (Å²) in [6.07, 6.45) is 5.49. The molecule has 0 saturated carbocycles. The molecule has 1 N–H and O–H groups in total. The number of likely N-dealkylation sites (tertiary alicyclic amines) is 1. The van der Waals surface area contributed by atoms with Crippen LogP contribution >= 0.6 is 0 Å². The number of nitrogens with one attached hydrogen (secondary N) is 1. The van der Waals surface area contributed by atoms with Crippen LogP contribution in [0.15, 0.2) is 36.9 Å². The number of likely N-dealkylation sites (N-methyl/N-ethyl adjacent to an activating group) is 2. The number of para-hydroxylation sites is 1. The zero-order valence-electron chi connectivity index (χ0n) is 13.7. The maximum absolute atomic E-state index is 12.8. The summed E-state index contributed by atoms with van der Waals surface area (Å²) in [5.74, 6) is 0.0751. The molecule has 120 valence electrons. The standard InChI is InChI=1S/C18H27N3O/c1-4-12-19-17-11-6-5-10-16(17)18(22)21(3)14-15-9-7-8-13-20(15)2/h4-6,10-11,15,19H,1,7-9,12-14H2,2-3H3. The third-order valence-electron chi connectivity index (χ3n) is 4.35. The van der Waals surface area contributed by atoms with Gasteiger partial charge in [0.2, 0.25) is 0 Å². The fourth-order valence-electron chi connectivity index (χ4n) is 2.99. The van der Waals surface area contributed by atoms with Crippen molar-refractivity contribution in [3.05, 3.63) is 42.5 Å². The normalized spacial score (nSPS) is 18.7. The minimum absolute atomic E-state index is 0.0751. The third-order valence-corrected chi connectivity index (χ3v) is 4.35. The number of carbonyl (C=O) groups excluding carboxylic acids is 1. The molecular formula is C18H27N3O. The number of benzene rings is 1. The predicted molar refractivity (Wildman–Crippen MR) is 92.4 cm³/mol. The summed E-state index contributed by atoms with van der Waals surface area (Å²) >= 11 is 0. The SMILES string of the molecule is C=CCNc1ccccc1C(=O)N(C)CC1CCCCN1C. The first-order valence-corrected chi connectivity index (χ1v) is 8.03. The zero-order valence-corrected chi connectivity index (χ0v) is 13.7. The van der Waals surface area contributed by atoms with Crippen LogP contribution in [0.25, 0.3) is 0 Å². The van der Waals surface area contributed by atoms with Crippen molar-refractivity contribution in [2.45, 2.75) is 25.3 Å². The molecule has 0 radical (unpaired) electrons. The highest BCUT2D eigenvalue weighted by atomic mass is 16.2. The summed E-state index contributed by atoms with van der Waals surface area (Å²) in [4.78, 5) is 17.0. The van der Waals surface area contributed by atoms with Gasteiger partial charge >= 0.3 is 0 Å². The fourth-order valence-corrected chi connectivity index (χ4v) is 2.99. The van der Waals surface area contributed by atoms with E-state index >= 15 is 0 Å². The molecule has 1 atom stereocenters. The number of rotatable bonds is 6. The summed E-state index contributed by atoms with van der Waals surface area (Å²) in [5, 5.41) is 3.24. The average molecular weight is 301 g/mol. The van der Waals surface area contributed by atoms with E-state index in [0.717, 1.165) is 24.3 Å². The van der Waals surface area contributed by atoms with Crippen molar-refractivity contribution in [3.63, 3.8) is 0 Å². The van der Waals surface area contributed by atoms with Crippen LogP contribution in [0, 0.1) is 0 Å². The second kappa shape index (κ2) is 7.99. The Hall–Kier alpha value is -1.81. The van der Waals surface area contributed by atoms with Crippen LogP contribution in [-0.2, 0) is 0 Å². The van der Waals surface area contributed by atoms with Gasteiger partial charge in [-0.3, -0.25) is 4.79 Å². The predicted octanol–water partition coefficient (Wildman–Crippen LogP) is 2.84. The molecule has 0 spiro atoms. The molecule has 2 rings (SSSR count). The summed E-state index contributed by atoms with van der Waals surface area (Å²) in [6, 6.07) is 8.15. The average Bonchev–Trinajstić information content (AvgIpc) is 2.54. The molecule has 0 bridgehead atoms. The number of nitrogens with zero attached hydrogens (tertiary/aromatic N) is 2. The lowest BCUT2D eigenvalue weighted by Crippen LogP contribution is -2.45. The lowest BCUT2D eigenvalue weighted by Gasteiger charge is -2.35. The van der Waals surface area contributed by atoms with Gasteiger partial charge in [0.05, 0.1) is 5.56 Å². The Morgan fingerprint density at radius 3 is 2.95 bits per heavy atom. The number of piperidine rings is 1. The monoisotopic (exact) mass is 301 g/mol. The highest BCUT2D eigenvalue weighted by molar-refractivity contribution is 5.99. The van der Waals surface area contributed by atoms with Crippen molar-refractivity contribution in [1.29, 1.82) is 0 Å². The highest BCUT2D eigenvalue weighted by Gasteiger charge is 2.23. The molecule has 4 heteroatoms. The van der Waals surface area contributed by atoms with E-state index in [-0.39, 0.29) is 5.91 Å². The van der Waals surface area contributed by atoms with Crippen molar-refractivity contribution in [2.75, 3.05) is 39.0 Å². The summed E-state index contributed by atoms with van der Waals surface area (Å²) in [6.45, 7) is 6.27. The van der Waals surface area contributed by atoms with E-state index < -0.39 is 0 Å². The van der Waals surface area contributed by atoms with Crippen LogP contribution in [0.2, 0.25) is 0 Å². The number of hydrogen-bond acceptors (Lipinski definition) is 3. The van der Waals surface area contributed by atoms with Crippen LogP contribution < -0.4 is 5.32 Å². The topological polar surface area (TPSA) is 35.6 Å². The first-order chi connectivity index (χ1) is 10.6. The van der Waals surface area contributed by atoms with E-state index in [4.69, 9.17) is 0 Å². The highest BCUT2D eigenvalue weighted by Crippen LogP contribution is 2.19. The lowest BCUT2D eigenvalue weighted by atomic mass is 10.0. The molecule has 1 aliphatic rings. The molecule has 1 heterocycles. The van der Waals surface area contributed by atoms with Gasteiger partial charge in [0, 0.05) is 31.9 Å². The zero-order chi connectivity index (χ0) is 15.9. The van der Waals surface area contributed by atoms with E-state index in [9.17, 15) is 4.79 Å². The molecule has 0 aliphatic carbocycles. The van der Waals surface area contributed by atoms with Gasteiger partial charge in [0.15, 0.2) is 0 Å². The molecule has 0 aromatic heterocycles. The molecule has 1 aliphatic heterocycles. The largest absolute Gasteiger partial charge is 0.381 e. The molecular weight excluding hydrogens is 274 g/mol. The van der Waals surface area contributed by atoms with Gasteiger partial charge in [-0.2, -0.15) is 0 Å². The molecule has 22 heavy (non-hydrogen) atoms. The van der Waals surface area contributed by atoms with E-state index in [1.807, 2.05) is 36.2 Å². The van der Waals surface area contributed by atoms with Crippen LogP contribution in [0.3, 0.4) is 0 Å². The van der Waals surface area contributed by atoms with Crippen molar-refractivity contribution in [2.24, 2.45) is 0 Å². The number of carbonyl (C=O) groups is 1. The Morgan fingerprint density at radius 1 is 1.45 bits per heavy atom. The van der Waals surface area contributed by atoms with Gasteiger partial charge < -0.3 is 15.1 Å². The Kier molecular flexibility index (Phi) is 6.01. The molecule has 1 fully saturated rings. The van der Waals surface area contributed by atoms with Gasteiger partial charge in [0.25, 0.3) is 5.91 Å². The number of anilines is 1. The van der Waals surface area contributed by atoms with E-state index in [0.29, 0.717) is 12.6 Å². The molecule has 1 unspecified atom stereocenters. The summed E-state index contributed by atoms with van der Waals surface area (Å²) < 4.78 is 0. The Labute approximate surface area is 133 Å². The molecule has 1 aromatic rings. The van der Waals surface area contributed by atoms with E-state index in [1.54, 1.807) is 6.08 Å². The number of hydrogen-bond donors (Lipinski definition) is 1. The minimum Gasteiger partial charge on any atom is -0.381 e. The maximum Gasteiger partial charge on any atom is 0.255 e. The molecule has 4 nitrogen and oxygen atoms in total. The third kappa shape index (κ3) is 4.10. The fraction of sp³-hybridized carbons (Fsp3) is 0.500. The Bertz CT molecular complexity index is 515. The van der Waals surface area contributed by atoms with Crippen LogP contribution in [0.5, 0.6) is 0 Å². The molecule has 1 aromatic carbocycles. The Morgan fingerprint density at radius 2 is 2.23 bits per heavy atom. The van der Waals surface area contributed by atoms with Crippen molar-refractivity contribution in [1.82, 2.24) is 9.80 Å². The maximum atomic E-state index is 12.8. The van der Waals surface area contributed by atoms with Gasteiger partial charge in [-0.05, 0) is 38.6 Å². The minimum atomic E-state index is 0.0751.